The van der Waals surface area contributed by atoms with E-state index in [0.29, 0.717) is 0 Å². The fraction of sp³-hybridized carbons (Fsp3) is 0.455. The maximum Gasteiger partial charge on any atom is 0.138 e. The van der Waals surface area contributed by atoms with Gasteiger partial charge in [0.05, 0.1) is 0 Å². The van der Waals surface area contributed by atoms with Crippen LogP contribution in [0.2, 0.25) is 0 Å². The predicted molar refractivity (Wildman–Crippen MR) is 65.4 cm³/mol. The lowest BCUT2D eigenvalue weighted by molar-refractivity contribution is 0.569. The molecule has 4 nitrogen and oxygen atoms in total. The molecule has 1 atom stereocenters. The third-order valence-electron chi connectivity index (χ3n) is 2.48. The first-order valence-electron chi connectivity index (χ1n) is 5.44. The quantitative estimate of drug-likeness (QED) is 0.855. The van der Waals surface area contributed by atoms with E-state index < -0.39 is 0 Å². The second-order valence-electron chi connectivity index (χ2n) is 3.74. The van der Waals surface area contributed by atoms with Crippen LogP contribution in [0, 0.1) is 0 Å². The molecule has 2 aromatic heterocycles. The molecule has 0 spiro atoms. The number of thiophene rings is 1. The van der Waals surface area contributed by atoms with Crippen molar-refractivity contribution in [2.24, 2.45) is 5.73 Å². The number of nitrogens with zero attached hydrogens (tertiary/aromatic N) is 3. The van der Waals surface area contributed by atoms with Crippen LogP contribution in [0.3, 0.4) is 0 Å². The number of rotatable bonds is 5. The molecule has 0 amide bonds. The van der Waals surface area contributed by atoms with Crippen LogP contribution in [0.5, 0.6) is 0 Å². The lowest BCUT2D eigenvalue weighted by atomic mass is 10.1. The van der Waals surface area contributed by atoms with Crippen molar-refractivity contribution in [2.45, 2.75) is 32.4 Å². The van der Waals surface area contributed by atoms with E-state index in [0.717, 1.165) is 25.2 Å². The fourth-order valence-corrected chi connectivity index (χ4v) is 2.50. The van der Waals surface area contributed by atoms with Crippen molar-refractivity contribution in [3.8, 4) is 0 Å². The van der Waals surface area contributed by atoms with Gasteiger partial charge in [-0.05, 0) is 24.8 Å². The van der Waals surface area contributed by atoms with Gasteiger partial charge in [0.2, 0.25) is 0 Å². The summed E-state index contributed by atoms with van der Waals surface area (Å²) in [5.41, 5.74) is 6.11. The second-order valence-corrected chi connectivity index (χ2v) is 4.77. The minimum absolute atomic E-state index is 0.119. The number of aryl methyl sites for hydroxylation is 1. The zero-order valence-corrected chi connectivity index (χ0v) is 10.2. The molecule has 86 valence electrons. The number of nitrogens with two attached hydrogens (primary N) is 1. The monoisotopic (exact) mass is 236 g/mol. The normalized spacial score (nSPS) is 12.9. The topological polar surface area (TPSA) is 56.7 Å². The molecular formula is C11H16N4S. The van der Waals surface area contributed by atoms with Crippen LogP contribution in [-0.4, -0.2) is 20.8 Å². The zero-order chi connectivity index (χ0) is 11.4. The highest BCUT2D eigenvalue weighted by Gasteiger charge is 2.10. The van der Waals surface area contributed by atoms with Gasteiger partial charge in [-0.1, -0.05) is 6.07 Å². The SMILES string of the molecule is CCn1ncnc1CC(N)Cc1cccs1. The maximum atomic E-state index is 6.11. The molecule has 2 rings (SSSR count). The van der Waals surface area contributed by atoms with Crippen LogP contribution < -0.4 is 5.73 Å². The number of hydrogen-bond donors (Lipinski definition) is 1. The van der Waals surface area contributed by atoms with Crippen molar-refractivity contribution in [3.05, 3.63) is 34.5 Å². The highest BCUT2D eigenvalue weighted by molar-refractivity contribution is 7.09. The molecule has 0 aromatic carbocycles. The average molecular weight is 236 g/mol. The Morgan fingerprint density at radius 2 is 2.38 bits per heavy atom. The second kappa shape index (κ2) is 5.23. The third kappa shape index (κ3) is 2.68. The van der Waals surface area contributed by atoms with E-state index >= 15 is 0 Å². The summed E-state index contributed by atoms with van der Waals surface area (Å²) in [6.45, 7) is 2.91. The Hall–Kier alpha value is -1.20. The smallest absolute Gasteiger partial charge is 0.138 e. The highest BCUT2D eigenvalue weighted by atomic mass is 32.1. The van der Waals surface area contributed by atoms with E-state index in [4.69, 9.17) is 5.73 Å². The average Bonchev–Trinajstić information content (AvgIpc) is 2.88. The van der Waals surface area contributed by atoms with Gasteiger partial charge in [0.1, 0.15) is 12.2 Å². The van der Waals surface area contributed by atoms with E-state index in [2.05, 4.69) is 34.5 Å². The van der Waals surface area contributed by atoms with Crippen molar-refractivity contribution in [1.82, 2.24) is 14.8 Å². The van der Waals surface area contributed by atoms with E-state index in [1.54, 1.807) is 17.7 Å². The molecule has 0 aliphatic carbocycles. The van der Waals surface area contributed by atoms with Gasteiger partial charge in [-0.3, -0.25) is 4.68 Å². The summed E-state index contributed by atoms with van der Waals surface area (Å²) >= 11 is 1.75. The first kappa shape index (κ1) is 11.3. The Balaban J connectivity index is 1.94. The van der Waals surface area contributed by atoms with Crippen LogP contribution in [0.1, 0.15) is 17.6 Å². The molecule has 0 saturated heterocycles. The molecule has 1 unspecified atom stereocenters. The molecule has 0 radical (unpaired) electrons. The van der Waals surface area contributed by atoms with Crippen LogP contribution >= 0.6 is 11.3 Å². The van der Waals surface area contributed by atoms with Gasteiger partial charge in [0.25, 0.3) is 0 Å². The molecular weight excluding hydrogens is 220 g/mol. The van der Waals surface area contributed by atoms with Gasteiger partial charge >= 0.3 is 0 Å². The van der Waals surface area contributed by atoms with E-state index in [-0.39, 0.29) is 6.04 Å². The van der Waals surface area contributed by atoms with Crippen molar-refractivity contribution in [2.75, 3.05) is 0 Å². The number of aromatic nitrogens is 3. The molecule has 2 aromatic rings. The lowest BCUT2D eigenvalue weighted by Crippen LogP contribution is -2.27. The molecule has 0 fully saturated rings. The predicted octanol–water partition coefficient (Wildman–Crippen LogP) is 1.47. The highest BCUT2D eigenvalue weighted by Crippen LogP contribution is 2.12. The summed E-state index contributed by atoms with van der Waals surface area (Å²) in [5.74, 6) is 0.978. The first-order chi connectivity index (χ1) is 7.79. The Kier molecular flexibility index (Phi) is 3.69. The molecule has 0 bridgehead atoms. The summed E-state index contributed by atoms with van der Waals surface area (Å²) in [6, 6.07) is 4.30. The molecule has 5 heteroatoms. The Morgan fingerprint density at radius 1 is 1.50 bits per heavy atom. The van der Waals surface area contributed by atoms with Gasteiger partial charge < -0.3 is 5.73 Å². The van der Waals surface area contributed by atoms with Crippen LogP contribution in [0.15, 0.2) is 23.8 Å². The summed E-state index contributed by atoms with van der Waals surface area (Å²) in [6.07, 6.45) is 3.29. The summed E-state index contributed by atoms with van der Waals surface area (Å²) in [5, 5.41) is 6.22. The summed E-state index contributed by atoms with van der Waals surface area (Å²) in [7, 11) is 0. The van der Waals surface area contributed by atoms with Gasteiger partial charge in [-0.2, -0.15) is 5.10 Å². The van der Waals surface area contributed by atoms with Crippen molar-refractivity contribution >= 4 is 11.3 Å². The van der Waals surface area contributed by atoms with E-state index in [1.165, 1.54) is 4.88 Å². The van der Waals surface area contributed by atoms with Crippen molar-refractivity contribution < 1.29 is 0 Å². The van der Waals surface area contributed by atoms with E-state index in [9.17, 15) is 0 Å². The van der Waals surface area contributed by atoms with Crippen molar-refractivity contribution in [1.29, 1.82) is 0 Å². The minimum Gasteiger partial charge on any atom is -0.327 e. The Bertz CT molecular complexity index is 421. The standard InChI is InChI=1S/C11H16N4S/c1-2-15-11(13-8-14-15)7-9(12)6-10-4-3-5-16-10/h3-5,8-9H,2,6-7,12H2,1H3. The Morgan fingerprint density at radius 3 is 3.06 bits per heavy atom. The molecule has 2 heterocycles. The van der Waals surface area contributed by atoms with Gasteiger partial charge in [0.15, 0.2) is 0 Å². The maximum absolute atomic E-state index is 6.11. The fourth-order valence-electron chi connectivity index (χ4n) is 1.70. The minimum atomic E-state index is 0.119. The summed E-state index contributed by atoms with van der Waals surface area (Å²) in [4.78, 5) is 5.56. The van der Waals surface area contributed by atoms with Crippen LogP contribution in [0.4, 0.5) is 0 Å². The van der Waals surface area contributed by atoms with Crippen molar-refractivity contribution in [3.63, 3.8) is 0 Å². The molecule has 2 N–H and O–H groups in total. The number of hydrogen-bond acceptors (Lipinski definition) is 4. The molecule has 0 aliphatic heterocycles. The third-order valence-corrected chi connectivity index (χ3v) is 3.38. The van der Waals surface area contributed by atoms with Gasteiger partial charge in [-0.15, -0.1) is 11.3 Å². The first-order valence-corrected chi connectivity index (χ1v) is 6.32. The molecule has 16 heavy (non-hydrogen) atoms. The Labute approximate surface area is 99.1 Å². The molecule has 0 saturated carbocycles. The van der Waals surface area contributed by atoms with E-state index in [1.807, 2.05) is 4.68 Å². The molecule has 0 aliphatic rings. The van der Waals surface area contributed by atoms with Crippen LogP contribution in [-0.2, 0) is 19.4 Å². The zero-order valence-electron chi connectivity index (χ0n) is 9.34. The van der Waals surface area contributed by atoms with Gasteiger partial charge in [0, 0.05) is 23.9 Å². The lowest BCUT2D eigenvalue weighted by Gasteiger charge is -2.10. The largest absolute Gasteiger partial charge is 0.327 e. The summed E-state index contributed by atoms with van der Waals surface area (Å²) < 4.78 is 1.90. The van der Waals surface area contributed by atoms with Crippen LogP contribution in [0.25, 0.3) is 0 Å². The van der Waals surface area contributed by atoms with Gasteiger partial charge in [-0.25, -0.2) is 4.98 Å².